The van der Waals surface area contributed by atoms with Crippen molar-refractivity contribution in [3.8, 4) is 11.4 Å². The molecule has 0 fully saturated rings. The number of nitrogens with zero attached hydrogens (tertiary/aromatic N) is 5. The van der Waals surface area contributed by atoms with E-state index in [-0.39, 0.29) is 5.56 Å². The van der Waals surface area contributed by atoms with Crippen molar-refractivity contribution in [2.75, 3.05) is 0 Å². The summed E-state index contributed by atoms with van der Waals surface area (Å²) >= 11 is 8.69. The topological polar surface area (TPSA) is 88.8 Å². The van der Waals surface area contributed by atoms with Gasteiger partial charge in [-0.05, 0) is 31.2 Å². The summed E-state index contributed by atoms with van der Waals surface area (Å²) in [5.74, 6) is 1.17. The first-order chi connectivity index (χ1) is 12.1. The normalized spacial score (nSPS) is 11.3. The number of halogens is 1. The Morgan fingerprint density at radius 2 is 2.08 bits per heavy atom. The summed E-state index contributed by atoms with van der Waals surface area (Å²) in [5.41, 5.74) is 1.40. The van der Waals surface area contributed by atoms with Gasteiger partial charge in [0.15, 0.2) is 5.82 Å². The van der Waals surface area contributed by atoms with Crippen molar-refractivity contribution in [3.63, 3.8) is 0 Å². The number of aromatic amines is 1. The molecule has 0 spiro atoms. The average molecular weight is 391 g/mol. The number of nitrogens with one attached hydrogen (secondary N) is 1. The Bertz CT molecular complexity index is 1100. The molecule has 3 heterocycles. The fourth-order valence-electron chi connectivity index (χ4n) is 2.21. The summed E-state index contributed by atoms with van der Waals surface area (Å²) in [7, 11) is 0. The van der Waals surface area contributed by atoms with E-state index < -0.39 is 0 Å². The lowest BCUT2D eigenvalue weighted by atomic mass is 10.2. The summed E-state index contributed by atoms with van der Waals surface area (Å²) in [4.78, 5) is 21.6. The van der Waals surface area contributed by atoms with Gasteiger partial charge < -0.3 is 0 Å². The molecular weight excluding hydrogens is 380 g/mol. The highest BCUT2D eigenvalue weighted by Crippen LogP contribution is 2.23. The van der Waals surface area contributed by atoms with Gasteiger partial charge in [-0.3, -0.25) is 9.89 Å². The SMILES string of the molecule is Cc1nn2c(=O)cc(CSc3n[nH]c(-c4ccc(Cl)cc4)n3)nc2s1. The van der Waals surface area contributed by atoms with Gasteiger partial charge in [0.05, 0.1) is 5.69 Å². The average Bonchev–Trinajstić information content (AvgIpc) is 3.20. The zero-order valence-electron chi connectivity index (χ0n) is 12.9. The number of benzene rings is 1. The lowest BCUT2D eigenvalue weighted by molar-refractivity contribution is 0.871. The Labute approximate surface area is 155 Å². The van der Waals surface area contributed by atoms with Gasteiger partial charge in [0, 0.05) is 22.4 Å². The Morgan fingerprint density at radius 3 is 2.88 bits per heavy atom. The predicted molar refractivity (Wildman–Crippen MR) is 98.3 cm³/mol. The number of H-pyrrole nitrogens is 1. The van der Waals surface area contributed by atoms with Crippen molar-refractivity contribution < 1.29 is 0 Å². The molecule has 0 bridgehead atoms. The zero-order chi connectivity index (χ0) is 17.4. The Balaban J connectivity index is 1.52. The van der Waals surface area contributed by atoms with Gasteiger partial charge in [-0.25, -0.2) is 9.97 Å². The number of aryl methyl sites for hydroxylation is 1. The molecule has 0 saturated carbocycles. The van der Waals surface area contributed by atoms with E-state index in [4.69, 9.17) is 11.6 Å². The monoisotopic (exact) mass is 390 g/mol. The molecule has 0 aliphatic carbocycles. The second kappa shape index (κ2) is 6.58. The number of thioether (sulfide) groups is 1. The van der Waals surface area contributed by atoms with Crippen LogP contribution >= 0.6 is 34.7 Å². The van der Waals surface area contributed by atoms with Crippen LogP contribution in [0.4, 0.5) is 0 Å². The van der Waals surface area contributed by atoms with Crippen LogP contribution in [-0.4, -0.2) is 29.8 Å². The summed E-state index contributed by atoms with van der Waals surface area (Å²) in [6, 6.07) is 8.84. The highest BCUT2D eigenvalue weighted by Gasteiger charge is 2.10. The van der Waals surface area contributed by atoms with Crippen molar-refractivity contribution in [2.45, 2.75) is 17.8 Å². The first kappa shape index (κ1) is 16.2. The first-order valence-corrected chi connectivity index (χ1v) is 9.44. The van der Waals surface area contributed by atoms with Crippen LogP contribution in [0.2, 0.25) is 5.02 Å². The molecule has 0 radical (unpaired) electrons. The molecule has 7 nitrogen and oxygen atoms in total. The van der Waals surface area contributed by atoms with Gasteiger partial charge in [-0.1, -0.05) is 34.7 Å². The van der Waals surface area contributed by atoms with Crippen molar-refractivity contribution >= 4 is 39.7 Å². The molecule has 1 N–H and O–H groups in total. The van der Waals surface area contributed by atoms with E-state index in [9.17, 15) is 4.79 Å². The van der Waals surface area contributed by atoms with Gasteiger partial charge in [0.25, 0.3) is 5.56 Å². The van der Waals surface area contributed by atoms with Gasteiger partial charge in [-0.15, -0.1) is 5.10 Å². The molecule has 4 rings (SSSR count). The van der Waals surface area contributed by atoms with E-state index in [0.717, 1.165) is 10.6 Å². The molecule has 0 aliphatic rings. The Kier molecular flexibility index (Phi) is 4.28. The van der Waals surface area contributed by atoms with Gasteiger partial charge >= 0.3 is 0 Å². The lowest BCUT2D eigenvalue weighted by Gasteiger charge is -1.98. The van der Waals surface area contributed by atoms with Crippen molar-refractivity contribution in [3.05, 3.63) is 56.4 Å². The number of fused-ring (bicyclic) bond motifs is 1. The molecule has 4 aromatic rings. The second-order valence-corrected chi connectivity index (χ2v) is 7.70. The minimum atomic E-state index is -0.179. The summed E-state index contributed by atoms with van der Waals surface area (Å²) in [6.45, 7) is 1.85. The molecule has 1 aromatic carbocycles. The smallest absolute Gasteiger partial charge is 0.267 e. The first-order valence-electron chi connectivity index (χ1n) is 7.26. The van der Waals surface area contributed by atoms with Crippen LogP contribution in [0.15, 0.2) is 40.3 Å². The Hall–Kier alpha value is -2.23. The quantitative estimate of drug-likeness (QED) is 0.538. The third-order valence-corrected chi connectivity index (χ3v) is 5.29. The molecule has 0 unspecified atom stereocenters. The largest absolute Gasteiger partial charge is 0.275 e. The van der Waals surface area contributed by atoms with Crippen molar-refractivity contribution in [1.82, 2.24) is 29.8 Å². The Morgan fingerprint density at radius 1 is 1.28 bits per heavy atom. The molecule has 0 saturated heterocycles. The zero-order valence-corrected chi connectivity index (χ0v) is 15.3. The third-order valence-electron chi connectivity index (χ3n) is 3.33. The van der Waals surface area contributed by atoms with Gasteiger partial charge in [-0.2, -0.15) is 9.61 Å². The fraction of sp³-hybridized carbons (Fsp3) is 0.133. The van der Waals surface area contributed by atoms with Crippen LogP contribution in [0.3, 0.4) is 0 Å². The fourth-order valence-corrected chi connectivity index (χ4v) is 3.80. The summed E-state index contributed by atoms with van der Waals surface area (Å²) in [6.07, 6.45) is 0. The second-order valence-electron chi connectivity index (χ2n) is 5.16. The number of hydrogen-bond acceptors (Lipinski definition) is 7. The lowest BCUT2D eigenvalue weighted by Crippen LogP contribution is -2.15. The third kappa shape index (κ3) is 3.44. The van der Waals surface area contributed by atoms with Crippen molar-refractivity contribution in [2.24, 2.45) is 0 Å². The molecule has 0 atom stereocenters. The molecule has 126 valence electrons. The van der Waals surface area contributed by atoms with Crippen LogP contribution in [0, 0.1) is 6.92 Å². The molecular formula is C15H11ClN6OS2. The van der Waals surface area contributed by atoms with E-state index >= 15 is 0 Å². The van der Waals surface area contributed by atoms with E-state index in [1.165, 1.54) is 33.7 Å². The maximum Gasteiger partial charge on any atom is 0.275 e. The number of aromatic nitrogens is 6. The highest BCUT2D eigenvalue weighted by atomic mass is 35.5. The molecule has 0 amide bonds. The van der Waals surface area contributed by atoms with E-state index in [2.05, 4.69) is 25.3 Å². The van der Waals surface area contributed by atoms with E-state index in [1.54, 1.807) is 12.1 Å². The maximum atomic E-state index is 12.1. The summed E-state index contributed by atoms with van der Waals surface area (Å²) in [5, 5.41) is 13.3. The van der Waals surface area contributed by atoms with E-state index in [1.807, 2.05) is 19.1 Å². The maximum absolute atomic E-state index is 12.1. The van der Waals surface area contributed by atoms with Gasteiger partial charge in [0.1, 0.15) is 5.01 Å². The van der Waals surface area contributed by atoms with Gasteiger partial charge in [0.2, 0.25) is 10.1 Å². The highest BCUT2D eigenvalue weighted by molar-refractivity contribution is 7.98. The van der Waals surface area contributed by atoms with Crippen LogP contribution < -0.4 is 5.56 Å². The number of hydrogen-bond donors (Lipinski definition) is 1. The summed E-state index contributed by atoms with van der Waals surface area (Å²) < 4.78 is 1.32. The minimum absolute atomic E-state index is 0.179. The van der Waals surface area contributed by atoms with E-state index in [0.29, 0.717) is 32.4 Å². The molecule has 10 heteroatoms. The minimum Gasteiger partial charge on any atom is -0.267 e. The van der Waals surface area contributed by atoms with Crippen molar-refractivity contribution in [1.29, 1.82) is 0 Å². The van der Waals surface area contributed by atoms with Crippen LogP contribution in [0.25, 0.3) is 16.3 Å². The molecule has 0 aliphatic heterocycles. The molecule has 3 aromatic heterocycles. The van der Waals surface area contributed by atoms with Crippen LogP contribution in [-0.2, 0) is 5.75 Å². The number of rotatable bonds is 4. The van der Waals surface area contributed by atoms with Crippen LogP contribution in [0.1, 0.15) is 10.7 Å². The standard InChI is InChI=1S/C15H11ClN6OS2/c1-8-21-22-12(23)6-11(17-15(22)25-8)7-24-14-18-13(19-20-14)9-2-4-10(16)5-3-9/h2-6H,7H2,1H3,(H,18,19,20). The molecule has 25 heavy (non-hydrogen) atoms. The van der Waals surface area contributed by atoms with Crippen LogP contribution in [0.5, 0.6) is 0 Å². The predicted octanol–water partition coefficient (Wildman–Crippen LogP) is 3.19.